The van der Waals surface area contributed by atoms with Gasteiger partial charge in [0, 0.05) is 0 Å². The van der Waals surface area contributed by atoms with Crippen molar-refractivity contribution in [2.75, 3.05) is 0 Å². The van der Waals surface area contributed by atoms with Crippen LogP contribution in [0.5, 0.6) is 0 Å². The SMILES string of the molecule is Cl.O=C(O)c1ccccc1.[NaH]. The van der Waals surface area contributed by atoms with Crippen molar-refractivity contribution in [1.82, 2.24) is 0 Å². The van der Waals surface area contributed by atoms with E-state index >= 15 is 0 Å². The van der Waals surface area contributed by atoms with Crippen molar-refractivity contribution < 1.29 is 9.90 Å². The Hall–Kier alpha value is -0.0200. The van der Waals surface area contributed by atoms with Crippen molar-refractivity contribution in [2.24, 2.45) is 0 Å². The molecule has 1 aromatic carbocycles. The normalized spacial score (nSPS) is 7.27. The van der Waals surface area contributed by atoms with Crippen molar-refractivity contribution in [3.05, 3.63) is 35.9 Å². The summed E-state index contributed by atoms with van der Waals surface area (Å²) in [4.78, 5) is 10.2. The molecule has 0 amide bonds. The van der Waals surface area contributed by atoms with Gasteiger partial charge in [0.1, 0.15) is 0 Å². The summed E-state index contributed by atoms with van der Waals surface area (Å²) in [5.74, 6) is -0.879. The van der Waals surface area contributed by atoms with Crippen LogP contribution in [-0.2, 0) is 0 Å². The third kappa shape index (κ3) is 4.43. The van der Waals surface area contributed by atoms with E-state index in [0.717, 1.165) is 0 Å². The zero-order chi connectivity index (χ0) is 6.69. The zero-order valence-corrected chi connectivity index (χ0v) is 5.97. The molecule has 0 saturated heterocycles. The number of carboxylic acids is 1. The molecule has 0 aliphatic rings. The van der Waals surface area contributed by atoms with Gasteiger partial charge in [0.2, 0.25) is 0 Å². The first-order valence-electron chi connectivity index (χ1n) is 2.59. The molecule has 0 bridgehead atoms. The van der Waals surface area contributed by atoms with Gasteiger partial charge in [-0.25, -0.2) is 4.79 Å². The number of benzene rings is 1. The van der Waals surface area contributed by atoms with Crippen molar-refractivity contribution in [3.63, 3.8) is 0 Å². The molecule has 0 aliphatic heterocycles. The fourth-order valence-corrected chi connectivity index (χ4v) is 0.581. The van der Waals surface area contributed by atoms with E-state index in [1.165, 1.54) is 0 Å². The van der Waals surface area contributed by atoms with Crippen LogP contribution in [0.15, 0.2) is 30.3 Å². The molecule has 0 aromatic heterocycles. The second-order valence-corrected chi connectivity index (χ2v) is 1.67. The Morgan fingerprint density at radius 1 is 1.18 bits per heavy atom. The quantitative estimate of drug-likeness (QED) is 0.662. The van der Waals surface area contributed by atoms with E-state index in [4.69, 9.17) is 5.11 Å². The Morgan fingerprint density at radius 2 is 1.64 bits per heavy atom. The minimum absolute atomic E-state index is 0. The molecule has 0 radical (unpaired) electrons. The van der Waals surface area contributed by atoms with Crippen LogP contribution in [0.2, 0.25) is 0 Å². The van der Waals surface area contributed by atoms with Crippen LogP contribution < -0.4 is 0 Å². The predicted octanol–water partition coefficient (Wildman–Crippen LogP) is 1.16. The Kier molecular flexibility index (Phi) is 8.23. The number of carbonyl (C=O) groups is 1. The van der Waals surface area contributed by atoms with E-state index in [9.17, 15) is 4.79 Å². The molecule has 11 heavy (non-hydrogen) atoms. The van der Waals surface area contributed by atoms with Crippen molar-refractivity contribution in [2.45, 2.75) is 0 Å². The summed E-state index contributed by atoms with van der Waals surface area (Å²) in [6.45, 7) is 0. The first-order valence-corrected chi connectivity index (χ1v) is 2.59. The molecule has 1 rings (SSSR count). The van der Waals surface area contributed by atoms with Crippen LogP contribution in [0.1, 0.15) is 10.4 Å². The first kappa shape index (κ1) is 13.6. The summed E-state index contributed by atoms with van der Waals surface area (Å²) in [5, 5.41) is 8.38. The number of carboxylic acid groups (broad SMARTS) is 1. The van der Waals surface area contributed by atoms with Crippen molar-refractivity contribution in [1.29, 1.82) is 0 Å². The molecular weight excluding hydrogens is 175 g/mol. The van der Waals surface area contributed by atoms with Crippen molar-refractivity contribution in [3.8, 4) is 0 Å². The number of hydrogen-bond acceptors (Lipinski definition) is 1. The van der Waals surface area contributed by atoms with E-state index in [0.29, 0.717) is 5.56 Å². The van der Waals surface area contributed by atoms with Crippen LogP contribution in [0.3, 0.4) is 0 Å². The minimum atomic E-state index is -0.879. The zero-order valence-electron chi connectivity index (χ0n) is 5.15. The summed E-state index contributed by atoms with van der Waals surface area (Å²) in [6.07, 6.45) is 0. The average molecular weight is 183 g/mol. The second-order valence-electron chi connectivity index (χ2n) is 1.67. The topological polar surface area (TPSA) is 37.3 Å². The molecule has 0 fully saturated rings. The van der Waals surface area contributed by atoms with Gasteiger partial charge in [-0.15, -0.1) is 12.4 Å². The van der Waals surface area contributed by atoms with Crippen LogP contribution in [0.4, 0.5) is 0 Å². The summed E-state index contributed by atoms with van der Waals surface area (Å²) in [7, 11) is 0. The van der Waals surface area contributed by atoms with Crippen molar-refractivity contribution >= 4 is 47.9 Å². The predicted molar refractivity (Wildman–Crippen MR) is 47.8 cm³/mol. The van der Waals surface area contributed by atoms with Gasteiger partial charge in [-0.05, 0) is 12.1 Å². The summed E-state index contributed by atoms with van der Waals surface area (Å²) in [6, 6.07) is 8.30. The maximum atomic E-state index is 10.2. The number of aromatic carboxylic acids is 1. The molecule has 0 heterocycles. The molecular formula is C7H8ClNaO2. The second kappa shape index (κ2) is 6.68. The van der Waals surface area contributed by atoms with Crippen LogP contribution in [-0.4, -0.2) is 40.6 Å². The van der Waals surface area contributed by atoms with Gasteiger partial charge in [0.25, 0.3) is 0 Å². The molecule has 0 atom stereocenters. The Balaban J connectivity index is 0. The Morgan fingerprint density at radius 3 is 1.91 bits per heavy atom. The molecule has 2 nitrogen and oxygen atoms in total. The van der Waals surface area contributed by atoms with Crippen LogP contribution in [0, 0.1) is 0 Å². The van der Waals surface area contributed by atoms with E-state index in [2.05, 4.69) is 0 Å². The average Bonchev–Trinajstić information content (AvgIpc) is 1.90. The first-order chi connectivity index (χ1) is 4.30. The van der Waals surface area contributed by atoms with E-state index < -0.39 is 5.97 Å². The molecule has 0 unspecified atom stereocenters. The maximum absolute atomic E-state index is 10.2. The third-order valence-electron chi connectivity index (χ3n) is 1.02. The molecule has 0 aliphatic carbocycles. The summed E-state index contributed by atoms with van der Waals surface area (Å²) in [5.41, 5.74) is 0.331. The van der Waals surface area contributed by atoms with Gasteiger partial charge in [-0.2, -0.15) is 0 Å². The molecule has 1 N–H and O–H groups in total. The summed E-state index contributed by atoms with van der Waals surface area (Å²) >= 11 is 0. The van der Waals surface area contributed by atoms with Crippen LogP contribution in [0.25, 0.3) is 0 Å². The molecule has 0 saturated carbocycles. The summed E-state index contributed by atoms with van der Waals surface area (Å²) < 4.78 is 0. The number of hydrogen-bond donors (Lipinski definition) is 1. The number of rotatable bonds is 1. The van der Waals surface area contributed by atoms with E-state index in [1.54, 1.807) is 30.3 Å². The molecule has 4 heteroatoms. The van der Waals surface area contributed by atoms with Gasteiger partial charge in [-0.1, -0.05) is 18.2 Å². The fraction of sp³-hybridized carbons (Fsp3) is 0. The monoisotopic (exact) mass is 182 g/mol. The number of halogens is 1. The molecule has 0 spiro atoms. The Bertz CT molecular complexity index is 213. The Labute approximate surface area is 93.3 Å². The van der Waals surface area contributed by atoms with Gasteiger partial charge in [-0.3, -0.25) is 0 Å². The van der Waals surface area contributed by atoms with Gasteiger partial charge < -0.3 is 5.11 Å². The van der Waals surface area contributed by atoms with Gasteiger partial charge in [0.15, 0.2) is 0 Å². The van der Waals surface area contributed by atoms with E-state index in [1.807, 2.05) is 0 Å². The third-order valence-corrected chi connectivity index (χ3v) is 1.02. The van der Waals surface area contributed by atoms with Gasteiger partial charge >= 0.3 is 35.5 Å². The van der Waals surface area contributed by atoms with Crippen LogP contribution >= 0.6 is 12.4 Å². The molecule has 56 valence electrons. The van der Waals surface area contributed by atoms with Gasteiger partial charge in [0.05, 0.1) is 5.56 Å². The molecule has 1 aromatic rings. The fourth-order valence-electron chi connectivity index (χ4n) is 0.581. The standard InChI is InChI=1S/C7H6O2.ClH.Na.H/c8-7(9)6-4-2-1-3-5-6;;;/h1-5H,(H,8,9);1H;;. The van der Waals surface area contributed by atoms with E-state index in [-0.39, 0.29) is 42.0 Å².